The van der Waals surface area contributed by atoms with E-state index in [1.54, 1.807) is 19.1 Å². The van der Waals surface area contributed by atoms with Gasteiger partial charge in [0.15, 0.2) is 0 Å². The third-order valence-electron chi connectivity index (χ3n) is 3.08. The summed E-state index contributed by atoms with van der Waals surface area (Å²) in [5.74, 6) is -1.79. The number of rotatable bonds is 5. The van der Waals surface area contributed by atoms with E-state index in [-0.39, 0.29) is 12.5 Å². The summed E-state index contributed by atoms with van der Waals surface area (Å²) in [6.07, 6.45) is 1.86. The molecule has 1 aromatic heterocycles. The second-order valence-corrected chi connectivity index (χ2v) is 4.30. The highest BCUT2D eigenvalue weighted by Gasteiger charge is 2.18. The minimum Gasteiger partial charge on any atom is -0.481 e. The number of hydrogen-bond acceptors (Lipinski definition) is 3. The van der Waals surface area contributed by atoms with Crippen molar-refractivity contribution in [3.8, 4) is 0 Å². The van der Waals surface area contributed by atoms with Gasteiger partial charge in [-0.2, -0.15) is 0 Å². The lowest BCUT2D eigenvalue weighted by Gasteiger charge is -2.10. The monoisotopic (exact) mass is 261 g/mol. The van der Waals surface area contributed by atoms with Crippen LogP contribution >= 0.6 is 0 Å². The van der Waals surface area contributed by atoms with E-state index in [1.165, 1.54) is 6.26 Å². The molecule has 0 aliphatic heterocycles. The van der Waals surface area contributed by atoms with E-state index >= 15 is 0 Å². The molecule has 1 amide bonds. The molecule has 19 heavy (non-hydrogen) atoms. The number of furan rings is 1. The van der Waals surface area contributed by atoms with Gasteiger partial charge in [0.25, 0.3) is 5.91 Å². The summed E-state index contributed by atoms with van der Waals surface area (Å²) >= 11 is 0. The molecule has 0 saturated carbocycles. The Morgan fingerprint density at radius 2 is 2.11 bits per heavy atom. The quantitative estimate of drug-likeness (QED) is 0.865. The molecule has 2 rings (SSSR count). The van der Waals surface area contributed by atoms with Gasteiger partial charge in [-0.05, 0) is 12.5 Å². The molecule has 2 aromatic rings. The van der Waals surface area contributed by atoms with Gasteiger partial charge in [0, 0.05) is 11.9 Å². The summed E-state index contributed by atoms with van der Waals surface area (Å²) < 4.78 is 5.27. The van der Waals surface area contributed by atoms with Crippen molar-refractivity contribution in [3.05, 3.63) is 36.1 Å². The molecule has 0 aliphatic rings. The Morgan fingerprint density at radius 3 is 2.79 bits per heavy atom. The Bertz CT molecular complexity index is 602. The van der Waals surface area contributed by atoms with Crippen molar-refractivity contribution < 1.29 is 19.1 Å². The van der Waals surface area contributed by atoms with E-state index in [1.807, 2.05) is 12.1 Å². The number of nitrogens with one attached hydrogen (secondary N) is 1. The Balaban J connectivity index is 2.10. The van der Waals surface area contributed by atoms with Gasteiger partial charge in [-0.25, -0.2) is 0 Å². The zero-order valence-corrected chi connectivity index (χ0v) is 10.6. The van der Waals surface area contributed by atoms with Gasteiger partial charge in [0.1, 0.15) is 11.8 Å². The summed E-state index contributed by atoms with van der Waals surface area (Å²) in [5, 5.41) is 12.3. The molecule has 1 unspecified atom stereocenters. The predicted octanol–water partition coefficient (Wildman–Crippen LogP) is 2.27. The van der Waals surface area contributed by atoms with Gasteiger partial charge < -0.3 is 14.8 Å². The number of amides is 1. The molecular weight excluding hydrogens is 246 g/mol. The van der Waals surface area contributed by atoms with Crippen molar-refractivity contribution in [1.29, 1.82) is 0 Å². The van der Waals surface area contributed by atoms with Crippen molar-refractivity contribution in [2.45, 2.75) is 13.3 Å². The third-order valence-corrected chi connectivity index (χ3v) is 3.08. The summed E-state index contributed by atoms with van der Waals surface area (Å²) in [7, 11) is 0. The second kappa shape index (κ2) is 5.56. The van der Waals surface area contributed by atoms with Gasteiger partial charge in [-0.15, -0.1) is 0 Å². The molecule has 0 bridgehead atoms. The zero-order chi connectivity index (χ0) is 13.8. The second-order valence-electron chi connectivity index (χ2n) is 4.30. The Morgan fingerprint density at radius 1 is 1.37 bits per heavy atom. The molecule has 0 radical (unpaired) electrons. The maximum absolute atomic E-state index is 12.0. The first kappa shape index (κ1) is 13.1. The van der Waals surface area contributed by atoms with Crippen LogP contribution in [0.1, 0.15) is 23.7 Å². The minimum absolute atomic E-state index is 0.115. The molecule has 1 aromatic carbocycles. The SMILES string of the molecule is CCC(CNC(=O)c1coc2ccccc12)C(=O)O. The first-order chi connectivity index (χ1) is 9.13. The van der Waals surface area contributed by atoms with E-state index < -0.39 is 11.9 Å². The molecule has 100 valence electrons. The lowest BCUT2D eigenvalue weighted by Crippen LogP contribution is -2.32. The van der Waals surface area contributed by atoms with Crippen LogP contribution < -0.4 is 5.32 Å². The standard InChI is InChI=1S/C14H15NO4/c1-2-9(14(17)18)7-15-13(16)11-8-19-12-6-4-3-5-10(11)12/h3-6,8-9H,2,7H2,1H3,(H,15,16)(H,17,18). The molecule has 0 fully saturated rings. The zero-order valence-electron chi connectivity index (χ0n) is 10.6. The molecule has 0 saturated heterocycles. The summed E-state index contributed by atoms with van der Waals surface area (Å²) in [5.41, 5.74) is 1.06. The summed E-state index contributed by atoms with van der Waals surface area (Å²) in [4.78, 5) is 22.9. The van der Waals surface area contributed by atoms with E-state index in [0.717, 1.165) is 5.39 Å². The lowest BCUT2D eigenvalue weighted by atomic mass is 10.1. The molecule has 0 spiro atoms. The first-order valence-corrected chi connectivity index (χ1v) is 6.10. The average Bonchev–Trinajstić information content (AvgIpc) is 2.82. The molecule has 1 heterocycles. The van der Waals surface area contributed by atoms with E-state index in [4.69, 9.17) is 9.52 Å². The third kappa shape index (κ3) is 2.76. The van der Waals surface area contributed by atoms with E-state index in [2.05, 4.69) is 5.32 Å². The fourth-order valence-electron chi connectivity index (χ4n) is 1.87. The summed E-state index contributed by atoms with van der Waals surface area (Å²) in [6.45, 7) is 1.89. The molecule has 5 heteroatoms. The van der Waals surface area contributed by atoms with Crippen LogP contribution in [0.5, 0.6) is 0 Å². The number of carboxylic acids is 1. The highest BCUT2D eigenvalue weighted by atomic mass is 16.4. The highest BCUT2D eigenvalue weighted by molar-refractivity contribution is 6.05. The molecule has 1 atom stereocenters. The van der Waals surface area contributed by atoms with Crippen molar-refractivity contribution in [3.63, 3.8) is 0 Å². The molecule has 5 nitrogen and oxygen atoms in total. The van der Waals surface area contributed by atoms with Crippen LogP contribution in [0.4, 0.5) is 0 Å². The number of fused-ring (bicyclic) bond motifs is 1. The van der Waals surface area contributed by atoms with Crippen LogP contribution in [0.15, 0.2) is 34.9 Å². The molecular formula is C14H15NO4. The van der Waals surface area contributed by atoms with Gasteiger partial charge in [0.05, 0.1) is 11.5 Å². The fraction of sp³-hybridized carbons (Fsp3) is 0.286. The normalized spacial score (nSPS) is 12.3. The number of aliphatic carboxylic acids is 1. The van der Waals surface area contributed by atoms with E-state index in [9.17, 15) is 9.59 Å². The first-order valence-electron chi connectivity index (χ1n) is 6.10. The van der Waals surface area contributed by atoms with E-state index in [0.29, 0.717) is 17.6 Å². The number of hydrogen-bond donors (Lipinski definition) is 2. The van der Waals surface area contributed by atoms with Gasteiger partial charge in [-0.3, -0.25) is 9.59 Å². The fourth-order valence-corrected chi connectivity index (χ4v) is 1.87. The number of benzene rings is 1. The number of para-hydroxylation sites is 1. The number of carbonyl (C=O) groups is 2. The van der Waals surface area contributed by atoms with Gasteiger partial charge in [0.2, 0.25) is 0 Å². The number of carbonyl (C=O) groups excluding carboxylic acids is 1. The Kier molecular flexibility index (Phi) is 3.85. The van der Waals surface area contributed by atoms with Crippen LogP contribution in [0.3, 0.4) is 0 Å². The smallest absolute Gasteiger partial charge is 0.308 e. The Hall–Kier alpha value is -2.30. The highest BCUT2D eigenvalue weighted by Crippen LogP contribution is 2.20. The van der Waals surface area contributed by atoms with Crippen molar-refractivity contribution in [2.24, 2.45) is 5.92 Å². The van der Waals surface area contributed by atoms with Crippen molar-refractivity contribution >= 4 is 22.8 Å². The number of carboxylic acid groups (broad SMARTS) is 1. The predicted molar refractivity (Wildman–Crippen MR) is 70.0 cm³/mol. The molecule has 0 aliphatic carbocycles. The lowest BCUT2D eigenvalue weighted by molar-refractivity contribution is -0.141. The minimum atomic E-state index is -0.903. The largest absolute Gasteiger partial charge is 0.481 e. The van der Waals surface area contributed by atoms with Gasteiger partial charge in [-0.1, -0.05) is 25.1 Å². The van der Waals surface area contributed by atoms with Crippen LogP contribution in [0.2, 0.25) is 0 Å². The van der Waals surface area contributed by atoms with Crippen molar-refractivity contribution in [1.82, 2.24) is 5.32 Å². The maximum atomic E-state index is 12.0. The van der Waals surface area contributed by atoms with Crippen LogP contribution in [0, 0.1) is 5.92 Å². The van der Waals surface area contributed by atoms with Crippen LogP contribution in [0.25, 0.3) is 11.0 Å². The van der Waals surface area contributed by atoms with Crippen LogP contribution in [-0.4, -0.2) is 23.5 Å². The average molecular weight is 261 g/mol. The molecule has 2 N–H and O–H groups in total. The Labute approximate surface area is 110 Å². The topological polar surface area (TPSA) is 79.5 Å². The van der Waals surface area contributed by atoms with Gasteiger partial charge >= 0.3 is 5.97 Å². The maximum Gasteiger partial charge on any atom is 0.308 e. The summed E-state index contributed by atoms with van der Waals surface area (Å²) in [6, 6.07) is 7.21. The van der Waals surface area contributed by atoms with Crippen molar-refractivity contribution in [2.75, 3.05) is 6.54 Å². The van der Waals surface area contributed by atoms with Crippen LogP contribution in [-0.2, 0) is 4.79 Å².